The number of nitrogens with zero attached hydrogens (tertiary/aromatic N) is 2. The number of hydrogen-bond donors (Lipinski definition) is 0. The molecule has 11 rings (SSSR count). The molecule has 0 saturated heterocycles. The Morgan fingerprint density at radius 2 is 0.375 bits per heavy atom. The third-order valence-electron chi connectivity index (χ3n) is 15.8. The molecule has 0 unspecified atom stereocenters. The van der Waals surface area contributed by atoms with Gasteiger partial charge in [0.05, 0.1) is 0 Å². The average molecular weight is 1120 g/mol. The highest BCUT2D eigenvalue weighted by molar-refractivity contribution is 7.16. The average Bonchev–Trinajstić information content (AvgIpc) is 4.38. The maximum atomic E-state index is 2.40. The van der Waals surface area contributed by atoms with Crippen molar-refractivity contribution in [3.63, 3.8) is 0 Å². The van der Waals surface area contributed by atoms with Crippen LogP contribution in [0.4, 0.5) is 34.1 Å². The highest BCUT2D eigenvalue weighted by atomic mass is 32.1. The van der Waals surface area contributed by atoms with Crippen molar-refractivity contribution in [2.24, 2.45) is 0 Å². The van der Waals surface area contributed by atoms with E-state index in [4.69, 9.17) is 0 Å². The second-order valence-electron chi connectivity index (χ2n) is 20.6. The summed E-state index contributed by atoms with van der Waals surface area (Å²) in [6.07, 6.45) is 8.59. The van der Waals surface area contributed by atoms with Crippen LogP contribution in [-0.2, 0) is 51.4 Å². The van der Waals surface area contributed by atoms with Gasteiger partial charge in [0.15, 0.2) is 0 Å². The maximum Gasteiger partial charge on any atom is 0.0462 e. The molecule has 0 saturated carbocycles. The van der Waals surface area contributed by atoms with E-state index in [2.05, 4.69) is 259 Å². The van der Waals surface area contributed by atoms with Gasteiger partial charge in [-0.2, -0.15) is 0 Å². The van der Waals surface area contributed by atoms with Crippen molar-refractivity contribution in [2.75, 3.05) is 9.80 Å². The molecule has 0 amide bonds. The first-order chi connectivity index (χ1) is 39.2. The van der Waals surface area contributed by atoms with Crippen LogP contribution in [0.5, 0.6) is 0 Å². The van der Waals surface area contributed by atoms with E-state index in [1.807, 2.05) is 45.3 Å². The molecule has 11 aromatic rings. The van der Waals surface area contributed by atoms with Crippen molar-refractivity contribution in [3.8, 4) is 64.0 Å². The number of hydrogen-bond acceptors (Lipinski definition) is 6. The summed E-state index contributed by atoms with van der Waals surface area (Å²) in [5, 5.41) is 0. The zero-order valence-corrected chi connectivity index (χ0v) is 50.9. The predicted octanol–water partition coefficient (Wildman–Crippen LogP) is 23.4. The number of rotatable bonds is 20. The van der Waals surface area contributed by atoms with Crippen LogP contribution in [0.3, 0.4) is 0 Å². The van der Waals surface area contributed by atoms with Gasteiger partial charge >= 0.3 is 0 Å². The molecule has 0 atom stereocenters. The summed E-state index contributed by atoms with van der Waals surface area (Å²) >= 11 is 7.75. The van der Waals surface area contributed by atoms with Crippen LogP contribution in [0.2, 0.25) is 0 Å². The van der Waals surface area contributed by atoms with E-state index in [1.54, 1.807) is 0 Å². The Kier molecular flexibility index (Phi) is 17.0. The third kappa shape index (κ3) is 11.3. The van der Waals surface area contributed by atoms with Gasteiger partial charge in [0.2, 0.25) is 0 Å². The van der Waals surface area contributed by atoms with Gasteiger partial charge in [-0.15, -0.1) is 45.3 Å². The van der Waals surface area contributed by atoms with E-state index in [0.717, 1.165) is 85.5 Å². The minimum absolute atomic E-state index is 1.07. The molecule has 0 bridgehead atoms. The van der Waals surface area contributed by atoms with Crippen molar-refractivity contribution in [2.45, 2.75) is 107 Å². The molecule has 0 aliphatic rings. The van der Waals surface area contributed by atoms with E-state index in [-0.39, 0.29) is 0 Å². The summed E-state index contributed by atoms with van der Waals surface area (Å²) in [5.74, 6) is 0. The summed E-state index contributed by atoms with van der Waals surface area (Å²) in [6, 6.07) is 73.5. The minimum Gasteiger partial charge on any atom is -0.311 e. The highest BCUT2D eigenvalue weighted by Gasteiger charge is 2.19. The Morgan fingerprint density at radius 3 is 0.525 bits per heavy atom. The van der Waals surface area contributed by atoms with Gasteiger partial charge in [-0.05, 0) is 215 Å². The van der Waals surface area contributed by atoms with Crippen LogP contribution in [0.25, 0.3) is 64.0 Å². The fourth-order valence-corrected chi connectivity index (χ4v) is 16.1. The monoisotopic (exact) mass is 1120 g/mol. The predicted molar refractivity (Wildman–Crippen MR) is 355 cm³/mol. The lowest BCUT2D eigenvalue weighted by molar-refractivity contribution is 1.07. The Morgan fingerprint density at radius 1 is 0.212 bits per heavy atom. The lowest BCUT2D eigenvalue weighted by Gasteiger charge is -2.26. The molecule has 4 heterocycles. The summed E-state index contributed by atoms with van der Waals surface area (Å²) in [4.78, 5) is 16.1. The fourth-order valence-electron chi connectivity index (χ4n) is 11.3. The summed E-state index contributed by atoms with van der Waals surface area (Å²) in [7, 11) is 0. The molecule has 0 N–H and O–H groups in total. The van der Waals surface area contributed by atoms with E-state index in [0.29, 0.717) is 0 Å². The van der Waals surface area contributed by atoms with Crippen LogP contribution in [0.1, 0.15) is 97.2 Å². The van der Waals surface area contributed by atoms with Crippen molar-refractivity contribution >= 4 is 79.5 Å². The molecule has 402 valence electrons. The molecule has 2 nitrogen and oxygen atoms in total. The molecular formula is C74H72N2S4. The number of aryl methyl sites for hydroxylation is 8. The normalized spacial score (nSPS) is 11.4. The first-order valence-electron chi connectivity index (χ1n) is 29.0. The standard InChI is InChI=1S/C74H72N2S4/c1-9-49-45-71(77-67(49)13-5)57-25-37-63(38-26-57)75(64-39-27-58(28-40-64)72-46-50(10-2)68(14-6)78-72)61-33-21-55(22-34-61)53-17-19-54(20-18-53)56-23-35-62(36-24-56)76(65-41-29-59(30-42-65)73-47-51(11-3)69(15-7)79-73)66-43-31-60(32-44-66)74-48-52(12-4)70(16-8)80-74/h17-48H,9-16H2,1-8H3. The number of thiophene rings is 4. The maximum absolute atomic E-state index is 2.40. The molecule has 7 aromatic carbocycles. The van der Waals surface area contributed by atoms with Crippen LogP contribution in [0.15, 0.2) is 194 Å². The lowest BCUT2D eigenvalue weighted by Crippen LogP contribution is -2.09. The van der Waals surface area contributed by atoms with Gasteiger partial charge in [0.25, 0.3) is 0 Å². The lowest BCUT2D eigenvalue weighted by atomic mass is 9.99. The topological polar surface area (TPSA) is 6.48 Å². The van der Waals surface area contributed by atoms with Gasteiger partial charge in [-0.25, -0.2) is 0 Å². The Bertz CT molecular complexity index is 3280. The quantitative estimate of drug-likeness (QED) is 0.0750. The molecule has 80 heavy (non-hydrogen) atoms. The van der Waals surface area contributed by atoms with Crippen LogP contribution in [-0.4, -0.2) is 0 Å². The molecule has 0 fully saturated rings. The van der Waals surface area contributed by atoms with Gasteiger partial charge in [-0.3, -0.25) is 0 Å². The smallest absolute Gasteiger partial charge is 0.0462 e. The molecule has 6 heteroatoms. The van der Waals surface area contributed by atoms with Crippen molar-refractivity contribution in [3.05, 3.63) is 236 Å². The second-order valence-corrected chi connectivity index (χ2v) is 25.1. The second kappa shape index (κ2) is 24.8. The third-order valence-corrected chi connectivity index (χ3v) is 21.3. The van der Waals surface area contributed by atoms with Crippen molar-refractivity contribution < 1.29 is 0 Å². The Labute approximate surface area is 492 Å². The fraction of sp³-hybridized carbons (Fsp3) is 0.216. The number of anilines is 6. The van der Waals surface area contributed by atoms with E-state index < -0.39 is 0 Å². The largest absolute Gasteiger partial charge is 0.311 e. The van der Waals surface area contributed by atoms with Crippen molar-refractivity contribution in [1.29, 1.82) is 0 Å². The zero-order chi connectivity index (χ0) is 55.3. The van der Waals surface area contributed by atoms with E-state index in [9.17, 15) is 0 Å². The first kappa shape index (κ1) is 54.9. The Balaban J connectivity index is 0.860. The van der Waals surface area contributed by atoms with Gasteiger partial charge in [-0.1, -0.05) is 152 Å². The molecule has 0 aliphatic heterocycles. The minimum atomic E-state index is 1.07. The van der Waals surface area contributed by atoms with E-state index in [1.165, 1.54) is 106 Å². The van der Waals surface area contributed by atoms with Crippen LogP contribution < -0.4 is 9.80 Å². The van der Waals surface area contributed by atoms with Gasteiger partial charge in [0, 0.05) is 73.1 Å². The Hall–Kier alpha value is -7.06. The zero-order valence-electron chi connectivity index (χ0n) is 47.7. The van der Waals surface area contributed by atoms with Gasteiger partial charge in [0.1, 0.15) is 0 Å². The molecular weight excluding hydrogens is 1050 g/mol. The summed E-state index contributed by atoms with van der Waals surface area (Å²) in [5.41, 5.74) is 22.5. The van der Waals surface area contributed by atoms with Gasteiger partial charge < -0.3 is 9.80 Å². The van der Waals surface area contributed by atoms with E-state index >= 15 is 0 Å². The summed E-state index contributed by atoms with van der Waals surface area (Å²) in [6.45, 7) is 18.1. The first-order valence-corrected chi connectivity index (χ1v) is 32.3. The molecule has 0 radical (unpaired) electrons. The molecule has 4 aromatic heterocycles. The van der Waals surface area contributed by atoms with Crippen molar-refractivity contribution in [1.82, 2.24) is 0 Å². The molecule has 0 aliphatic carbocycles. The molecule has 0 spiro atoms. The number of benzene rings is 7. The SMILES string of the molecule is CCc1cc(-c2ccc(N(c3ccc(-c4ccc(-c5ccc(N(c6ccc(-c7cc(CC)c(CC)s7)cc6)c6ccc(-c7cc(CC)c(CC)s7)cc6)cc5)cc4)cc3)c3ccc(-c4cc(CC)c(CC)s4)cc3)cc2)sc1CC. The summed E-state index contributed by atoms with van der Waals surface area (Å²) < 4.78 is 0. The van der Waals surface area contributed by atoms with Crippen LogP contribution in [0, 0.1) is 0 Å². The highest BCUT2D eigenvalue weighted by Crippen LogP contribution is 2.43. The van der Waals surface area contributed by atoms with Crippen LogP contribution >= 0.6 is 45.3 Å².